The number of aromatic nitrogens is 1. The maximum absolute atomic E-state index is 12.8. The van der Waals surface area contributed by atoms with E-state index in [1.165, 1.54) is 6.08 Å². The number of pyridine rings is 1. The minimum absolute atomic E-state index is 0.0440. The summed E-state index contributed by atoms with van der Waals surface area (Å²) in [5, 5.41) is 2.83. The molecule has 0 saturated carbocycles. The standard InChI is InChI=1S/C22H25N3O2/c1-3-20(26)25-13-9-22(10-14-25,21(27)23-2)16-17-5-4-6-19(15-17)18-7-11-24-12-8-18/h3-8,11-12,15H,1,9-10,13-14,16H2,2H3,(H,23,27). The number of amides is 2. The zero-order valence-electron chi connectivity index (χ0n) is 15.6. The number of hydrogen-bond donors (Lipinski definition) is 1. The van der Waals surface area contributed by atoms with Crippen LogP contribution >= 0.6 is 0 Å². The van der Waals surface area contributed by atoms with E-state index in [4.69, 9.17) is 0 Å². The van der Waals surface area contributed by atoms with Crippen molar-refractivity contribution in [3.05, 3.63) is 67.0 Å². The summed E-state index contributed by atoms with van der Waals surface area (Å²) >= 11 is 0. The van der Waals surface area contributed by atoms with Crippen LogP contribution in [-0.4, -0.2) is 41.8 Å². The molecule has 2 heterocycles. The van der Waals surface area contributed by atoms with E-state index in [-0.39, 0.29) is 11.8 Å². The number of likely N-dealkylation sites (tertiary alicyclic amines) is 1. The van der Waals surface area contributed by atoms with Crippen LogP contribution < -0.4 is 5.32 Å². The third-order valence-electron chi connectivity index (χ3n) is 5.40. The quantitative estimate of drug-likeness (QED) is 0.831. The number of hydrogen-bond acceptors (Lipinski definition) is 3. The molecule has 1 aromatic heterocycles. The summed E-state index contributed by atoms with van der Waals surface area (Å²) in [7, 11) is 1.68. The fourth-order valence-electron chi connectivity index (χ4n) is 3.83. The maximum atomic E-state index is 12.8. The van der Waals surface area contributed by atoms with E-state index in [2.05, 4.69) is 35.1 Å². The van der Waals surface area contributed by atoms with Crippen LogP contribution in [-0.2, 0) is 16.0 Å². The van der Waals surface area contributed by atoms with Gasteiger partial charge in [0.05, 0.1) is 5.41 Å². The Balaban J connectivity index is 1.83. The fraction of sp³-hybridized carbons (Fsp3) is 0.318. The van der Waals surface area contributed by atoms with Gasteiger partial charge in [-0.3, -0.25) is 14.6 Å². The molecule has 5 heteroatoms. The Bertz CT molecular complexity index is 824. The van der Waals surface area contributed by atoms with Crippen LogP contribution in [0.3, 0.4) is 0 Å². The molecule has 5 nitrogen and oxygen atoms in total. The molecule has 2 amide bonds. The number of benzene rings is 1. The monoisotopic (exact) mass is 363 g/mol. The van der Waals surface area contributed by atoms with Crippen LogP contribution in [0.4, 0.5) is 0 Å². The van der Waals surface area contributed by atoms with Crippen molar-refractivity contribution in [2.24, 2.45) is 5.41 Å². The summed E-state index contributed by atoms with van der Waals surface area (Å²) in [6.45, 7) is 4.70. The predicted molar refractivity (Wildman–Crippen MR) is 106 cm³/mol. The van der Waals surface area contributed by atoms with Crippen molar-refractivity contribution in [1.29, 1.82) is 0 Å². The van der Waals surface area contributed by atoms with E-state index < -0.39 is 5.41 Å². The van der Waals surface area contributed by atoms with Gasteiger partial charge < -0.3 is 10.2 Å². The van der Waals surface area contributed by atoms with Crippen LogP contribution in [0.25, 0.3) is 11.1 Å². The van der Waals surface area contributed by atoms with Crippen LogP contribution in [0, 0.1) is 5.41 Å². The lowest BCUT2D eigenvalue weighted by Gasteiger charge is -2.40. The van der Waals surface area contributed by atoms with Crippen molar-refractivity contribution in [2.75, 3.05) is 20.1 Å². The molecule has 1 N–H and O–H groups in total. The van der Waals surface area contributed by atoms with Crippen molar-refractivity contribution in [3.8, 4) is 11.1 Å². The number of nitrogens with zero attached hydrogens (tertiary/aromatic N) is 2. The first-order valence-electron chi connectivity index (χ1n) is 9.21. The van der Waals surface area contributed by atoms with Crippen molar-refractivity contribution >= 4 is 11.8 Å². The minimum Gasteiger partial charge on any atom is -0.359 e. The van der Waals surface area contributed by atoms with Gasteiger partial charge in [-0.1, -0.05) is 30.8 Å². The SMILES string of the molecule is C=CC(=O)N1CCC(Cc2cccc(-c3ccncc3)c2)(C(=O)NC)CC1. The molecule has 0 atom stereocenters. The van der Waals surface area contributed by atoms with Crippen molar-refractivity contribution in [2.45, 2.75) is 19.3 Å². The van der Waals surface area contributed by atoms with E-state index in [1.807, 2.05) is 18.2 Å². The smallest absolute Gasteiger partial charge is 0.245 e. The molecule has 140 valence electrons. The topological polar surface area (TPSA) is 62.3 Å². The Kier molecular flexibility index (Phi) is 5.69. The minimum atomic E-state index is -0.496. The molecule has 2 aromatic rings. The molecule has 1 aliphatic rings. The maximum Gasteiger partial charge on any atom is 0.245 e. The Hall–Kier alpha value is -2.95. The zero-order valence-corrected chi connectivity index (χ0v) is 15.6. The normalized spacial score (nSPS) is 15.8. The summed E-state index contributed by atoms with van der Waals surface area (Å²) in [5.74, 6) is -0.0253. The Morgan fingerprint density at radius 1 is 1.19 bits per heavy atom. The van der Waals surface area contributed by atoms with Crippen molar-refractivity contribution in [3.63, 3.8) is 0 Å². The molecule has 0 spiro atoms. The van der Waals surface area contributed by atoms with Gasteiger partial charge in [0.15, 0.2) is 0 Å². The number of rotatable bonds is 5. The number of carbonyl (C=O) groups is 2. The number of nitrogens with one attached hydrogen (secondary N) is 1. The molecular weight excluding hydrogens is 338 g/mol. The molecule has 1 fully saturated rings. The Labute approximate surface area is 160 Å². The molecule has 27 heavy (non-hydrogen) atoms. The van der Waals surface area contributed by atoms with Crippen LogP contribution in [0.1, 0.15) is 18.4 Å². The first kappa shape index (κ1) is 18.8. The average molecular weight is 363 g/mol. The zero-order chi connectivity index (χ0) is 19.3. The second-order valence-electron chi connectivity index (χ2n) is 7.00. The molecule has 0 unspecified atom stereocenters. The highest BCUT2D eigenvalue weighted by Crippen LogP contribution is 2.36. The summed E-state index contributed by atoms with van der Waals surface area (Å²) in [6, 6.07) is 12.3. The van der Waals surface area contributed by atoms with Crippen molar-refractivity contribution < 1.29 is 9.59 Å². The molecule has 0 aliphatic carbocycles. The molecular formula is C22H25N3O2. The Morgan fingerprint density at radius 2 is 1.89 bits per heavy atom. The van der Waals surface area contributed by atoms with E-state index in [9.17, 15) is 9.59 Å². The van der Waals surface area contributed by atoms with E-state index in [0.717, 1.165) is 16.7 Å². The van der Waals surface area contributed by atoms with Gasteiger partial charge in [0.2, 0.25) is 11.8 Å². The fourth-order valence-corrected chi connectivity index (χ4v) is 3.83. The van der Waals surface area contributed by atoms with Gasteiger partial charge in [0.1, 0.15) is 0 Å². The third-order valence-corrected chi connectivity index (χ3v) is 5.40. The summed E-state index contributed by atoms with van der Waals surface area (Å²) in [6.07, 6.45) is 6.84. The molecule has 0 bridgehead atoms. The van der Waals surface area contributed by atoms with Gasteiger partial charge in [-0.25, -0.2) is 0 Å². The summed E-state index contributed by atoms with van der Waals surface area (Å²) in [5.41, 5.74) is 2.84. The highest BCUT2D eigenvalue weighted by atomic mass is 16.2. The van der Waals surface area contributed by atoms with Crippen LogP contribution in [0.5, 0.6) is 0 Å². The third kappa shape index (κ3) is 4.08. The first-order valence-corrected chi connectivity index (χ1v) is 9.21. The summed E-state index contributed by atoms with van der Waals surface area (Å²) in [4.78, 5) is 30.5. The molecule has 0 radical (unpaired) electrons. The van der Waals surface area contributed by atoms with Crippen LogP contribution in [0.15, 0.2) is 61.4 Å². The van der Waals surface area contributed by atoms with Gasteiger partial charge in [-0.15, -0.1) is 0 Å². The lowest BCUT2D eigenvalue weighted by molar-refractivity contribution is -0.138. The van der Waals surface area contributed by atoms with Gasteiger partial charge in [0, 0.05) is 32.5 Å². The van der Waals surface area contributed by atoms with Crippen LogP contribution in [0.2, 0.25) is 0 Å². The predicted octanol–water partition coefficient (Wildman–Crippen LogP) is 2.83. The van der Waals surface area contributed by atoms with Gasteiger partial charge in [-0.05, 0) is 54.2 Å². The second-order valence-corrected chi connectivity index (χ2v) is 7.00. The second kappa shape index (κ2) is 8.16. The molecule has 1 saturated heterocycles. The largest absolute Gasteiger partial charge is 0.359 e. The highest BCUT2D eigenvalue weighted by molar-refractivity contribution is 5.88. The first-order chi connectivity index (χ1) is 13.1. The van der Waals surface area contributed by atoms with Gasteiger partial charge in [0.25, 0.3) is 0 Å². The lowest BCUT2D eigenvalue weighted by atomic mass is 9.72. The Morgan fingerprint density at radius 3 is 2.52 bits per heavy atom. The van der Waals surface area contributed by atoms with Gasteiger partial charge in [-0.2, -0.15) is 0 Å². The highest BCUT2D eigenvalue weighted by Gasteiger charge is 2.41. The average Bonchev–Trinajstić information content (AvgIpc) is 2.74. The van der Waals surface area contributed by atoms with Gasteiger partial charge >= 0.3 is 0 Å². The van der Waals surface area contributed by atoms with E-state index in [0.29, 0.717) is 32.4 Å². The molecule has 1 aliphatic heterocycles. The van der Waals surface area contributed by atoms with E-state index in [1.54, 1.807) is 24.3 Å². The summed E-state index contributed by atoms with van der Waals surface area (Å²) < 4.78 is 0. The van der Waals surface area contributed by atoms with E-state index >= 15 is 0 Å². The van der Waals surface area contributed by atoms with Crippen molar-refractivity contribution in [1.82, 2.24) is 15.2 Å². The number of carbonyl (C=O) groups excluding carboxylic acids is 2. The molecule has 3 rings (SSSR count). The lowest BCUT2D eigenvalue weighted by Crippen LogP contribution is -2.50. The molecule has 1 aromatic carbocycles. The number of piperidine rings is 1.